The largest absolute Gasteiger partial charge is 0.493 e. The van der Waals surface area contributed by atoms with E-state index in [0.717, 1.165) is 41.5 Å². The molecular formula is C22H31N3O4. The van der Waals surface area contributed by atoms with Crippen LogP contribution in [0.25, 0.3) is 0 Å². The number of benzene rings is 2. The van der Waals surface area contributed by atoms with Gasteiger partial charge in [0.05, 0.1) is 27.9 Å². The van der Waals surface area contributed by atoms with Gasteiger partial charge in [-0.3, -0.25) is 4.99 Å². The van der Waals surface area contributed by atoms with Crippen LogP contribution in [0.5, 0.6) is 23.0 Å². The number of hydrogen-bond acceptors (Lipinski definition) is 5. The fourth-order valence-corrected chi connectivity index (χ4v) is 2.80. The number of aliphatic imine (C=N–C) groups is 1. The monoisotopic (exact) mass is 401 g/mol. The van der Waals surface area contributed by atoms with E-state index >= 15 is 0 Å². The number of hydrogen-bond donors (Lipinski definition) is 2. The van der Waals surface area contributed by atoms with E-state index in [-0.39, 0.29) is 0 Å². The average molecular weight is 402 g/mol. The van der Waals surface area contributed by atoms with E-state index < -0.39 is 0 Å². The highest BCUT2D eigenvalue weighted by atomic mass is 16.5. The first kappa shape index (κ1) is 22.2. The molecule has 0 aliphatic rings. The predicted octanol–water partition coefficient (Wildman–Crippen LogP) is 3.73. The molecule has 2 aromatic carbocycles. The molecule has 0 aromatic heterocycles. The Labute approximate surface area is 173 Å². The summed E-state index contributed by atoms with van der Waals surface area (Å²) >= 11 is 0. The Morgan fingerprint density at radius 1 is 0.862 bits per heavy atom. The van der Waals surface area contributed by atoms with Crippen LogP contribution in [-0.2, 0) is 6.42 Å². The molecule has 7 heteroatoms. The van der Waals surface area contributed by atoms with E-state index in [1.807, 2.05) is 50.2 Å². The molecule has 0 unspecified atom stereocenters. The summed E-state index contributed by atoms with van der Waals surface area (Å²) in [5, 5.41) is 6.57. The quantitative estimate of drug-likeness (QED) is 0.467. The van der Waals surface area contributed by atoms with E-state index in [0.29, 0.717) is 24.9 Å². The van der Waals surface area contributed by atoms with Gasteiger partial charge in [0.25, 0.3) is 0 Å². The molecule has 0 spiro atoms. The van der Waals surface area contributed by atoms with Gasteiger partial charge >= 0.3 is 0 Å². The lowest BCUT2D eigenvalue weighted by Crippen LogP contribution is -2.30. The molecule has 0 aliphatic heterocycles. The van der Waals surface area contributed by atoms with Crippen molar-refractivity contribution in [2.75, 3.05) is 46.3 Å². The van der Waals surface area contributed by atoms with Gasteiger partial charge in [-0.2, -0.15) is 0 Å². The number of methoxy groups -OCH3 is 3. The van der Waals surface area contributed by atoms with Crippen LogP contribution in [0, 0.1) is 0 Å². The van der Waals surface area contributed by atoms with Gasteiger partial charge in [0.15, 0.2) is 29.0 Å². The molecular weight excluding hydrogens is 370 g/mol. The Morgan fingerprint density at radius 3 is 2.21 bits per heavy atom. The number of nitrogens with one attached hydrogen (secondary N) is 2. The summed E-state index contributed by atoms with van der Waals surface area (Å²) in [6, 6.07) is 11.6. The summed E-state index contributed by atoms with van der Waals surface area (Å²) < 4.78 is 21.6. The van der Waals surface area contributed by atoms with Crippen molar-refractivity contribution in [3.8, 4) is 23.0 Å². The molecule has 0 heterocycles. The van der Waals surface area contributed by atoms with Gasteiger partial charge in [-0.05, 0) is 50.1 Å². The van der Waals surface area contributed by atoms with Gasteiger partial charge in [-0.1, -0.05) is 6.07 Å². The summed E-state index contributed by atoms with van der Waals surface area (Å²) in [5.41, 5.74) is 2.00. The molecule has 0 amide bonds. The third kappa shape index (κ3) is 6.48. The summed E-state index contributed by atoms with van der Waals surface area (Å²) in [4.78, 5) is 4.67. The van der Waals surface area contributed by atoms with Gasteiger partial charge in [0, 0.05) is 24.8 Å². The van der Waals surface area contributed by atoms with Crippen LogP contribution >= 0.6 is 0 Å². The minimum Gasteiger partial charge on any atom is -0.493 e. The number of rotatable bonds is 10. The highest BCUT2D eigenvalue weighted by Gasteiger charge is 2.08. The van der Waals surface area contributed by atoms with Crippen molar-refractivity contribution in [3.63, 3.8) is 0 Å². The topological polar surface area (TPSA) is 73.3 Å². The predicted molar refractivity (Wildman–Crippen MR) is 117 cm³/mol. The van der Waals surface area contributed by atoms with Gasteiger partial charge < -0.3 is 29.6 Å². The normalized spacial score (nSPS) is 11.0. The van der Waals surface area contributed by atoms with E-state index in [1.54, 1.807) is 21.3 Å². The highest BCUT2D eigenvalue weighted by molar-refractivity contribution is 5.93. The maximum Gasteiger partial charge on any atom is 0.195 e. The maximum absolute atomic E-state index is 5.57. The van der Waals surface area contributed by atoms with Crippen molar-refractivity contribution >= 4 is 11.6 Å². The molecule has 0 atom stereocenters. The lowest BCUT2D eigenvalue weighted by Gasteiger charge is -2.14. The second-order valence-corrected chi connectivity index (χ2v) is 6.12. The molecule has 0 radical (unpaired) electrons. The Balaban J connectivity index is 2.06. The SMILES string of the molecule is CCNC(=NCCc1ccc(OC)c(OC)c1)Nc1ccc(OCC)c(OC)c1. The van der Waals surface area contributed by atoms with Gasteiger partial charge in [0.2, 0.25) is 0 Å². The minimum atomic E-state index is 0.587. The van der Waals surface area contributed by atoms with Crippen molar-refractivity contribution in [3.05, 3.63) is 42.0 Å². The number of guanidine groups is 1. The van der Waals surface area contributed by atoms with Crippen molar-refractivity contribution in [1.29, 1.82) is 0 Å². The van der Waals surface area contributed by atoms with E-state index in [2.05, 4.69) is 15.6 Å². The van der Waals surface area contributed by atoms with E-state index in [1.165, 1.54) is 0 Å². The van der Waals surface area contributed by atoms with Gasteiger partial charge in [-0.25, -0.2) is 0 Å². The summed E-state index contributed by atoms with van der Waals surface area (Å²) in [5.74, 6) is 3.55. The molecule has 2 rings (SSSR count). The number of anilines is 1. The average Bonchev–Trinajstić information content (AvgIpc) is 2.74. The molecule has 0 fully saturated rings. The third-order valence-electron chi connectivity index (χ3n) is 4.19. The van der Waals surface area contributed by atoms with Gasteiger partial charge in [0.1, 0.15) is 0 Å². The van der Waals surface area contributed by atoms with Crippen LogP contribution in [0.3, 0.4) is 0 Å². The smallest absolute Gasteiger partial charge is 0.195 e. The van der Waals surface area contributed by atoms with Crippen LogP contribution in [0.4, 0.5) is 5.69 Å². The first-order valence-corrected chi connectivity index (χ1v) is 9.72. The zero-order chi connectivity index (χ0) is 21.1. The lowest BCUT2D eigenvalue weighted by molar-refractivity contribution is 0.311. The van der Waals surface area contributed by atoms with Crippen LogP contribution in [0.1, 0.15) is 19.4 Å². The van der Waals surface area contributed by atoms with Crippen molar-refractivity contribution < 1.29 is 18.9 Å². The molecule has 29 heavy (non-hydrogen) atoms. The molecule has 7 nitrogen and oxygen atoms in total. The standard InChI is InChI=1S/C22H31N3O4/c1-6-23-22(25-17-9-11-19(29-7-2)21(15-17)28-5)24-13-12-16-8-10-18(26-3)20(14-16)27-4/h8-11,14-15H,6-7,12-13H2,1-5H3,(H2,23,24,25). The minimum absolute atomic E-state index is 0.587. The summed E-state index contributed by atoms with van der Waals surface area (Å²) in [7, 11) is 4.90. The summed E-state index contributed by atoms with van der Waals surface area (Å²) in [6.07, 6.45) is 0.781. The Hall–Kier alpha value is -3.09. The third-order valence-corrected chi connectivity index (χ3v) is 4.19. The van der Waals surface area contributed by atoms with E-state index in [9.17, 15) is 0 Å². The lowest BCUT2D eigenvalue weighted by atomic mass is 10.1. The number of nitrogens with zero attached hydrogens (tertiary/aromatic N) is 1. The first-order valence-electron chi connectivity index (χ1n) is 9.72. The van der Waals surface area contributed by atoms with Crippen LogP contribution in [0.15, 0.2) is 41.4 Å². The molecule has 2 aromatic rings. The zero-order valence-electron chi connectivity index (χ0n) is 17.9. The Kier molecular flexibility index (Phi) is 8.95. The van der Waals surface area contributed by atoms with Crippen LogP contribution in [-0.4, -0.2) is 47.0 Å². The Bertz CT molecular complexity index is 809. The number of ether oxygens (including phenoxy) is 4. The second-order valence-electron chi connectivity index (χ2n) is 6.12. The van der Waals surface area contributed by atoms with Crippen molar-refractivity contribution in [2.45, 2.75) is 20.3 Å². The highest BCUT2D eigenvalue weighted by Crippen LogP contribution is 2.30. The molecule has 158 valence electrons. The zero-order valence-corrected chi connectivity index (χ0v) is 17.9. The molecule has 0 bridgehead atoms. The van der Waals surface area contributed by atoms with Crippen molar-refractivity contribution in [1.82, 2.24) is 5.32 Å². The molecule has 2 N–H and O–H groups in total. The fraction of sp³-hybridized carbons (Fsp3) is 0.409. The van der Waals surface area contributed by atoms with Gasteiger partial charge in [-0.15, -0.1) is 0 Å². The summed E-state index contributed by atoms with van der Waals surface area (Å²) in [6.45, 7) is 5.95. The Morgan fingerprint density at radius 2 is 1.55 bits per heavy atom. The maximum atomic E-state index is 5.57. The molecule has 0 saturated carbocycles. The van der Waals surface area contributed by atoms with Crippen LogP contribution < -0.4 is 29.6 Å². The van der Waals surface area contributed by atoms with Crippen molar-refractivity contribution in [2.24, 2.45) is 4.99 Å². The molecule has 0 aliphatic carbocycles. The first-order chi connectivity index (χ1) is 14.1. The fourth-order valence-electron chi connectivity index (χ4n) is 2.80. The second kappa shape index (κ2) is 11.7. The van der Waals surface area contributed by atoms with E-state index in [4.69, 9.17) is 18.9 Å². The van der Waals surface area contributed by atoms with Crippen LogP contribution in [0.2, 0.25) is 0 Å². The molecule has 0 saturated heterocycles.